The number of hydrogen-bond acceptors (Lipinski definition) is 4. The average molecular weight is 344 g/mol. The zero-order valence-electron chi connectivity index (χ0n) is 15.1. The standard InChI is InChI=1S/C21H28O4/c1-20-8-7-13(23)9-12(20)3-4-14-15-5-6-16(18(24)11-22)21(15,2)19(25)10-17(14)20/h3-4,9,14-18,22,24H,5-8,10-11H2,1-2H3/t14-,15-,16?,17-,18+,20-,21-/m0/s1. The molecule has 4 heteroatoms. The van der Waals surface area contributed by atoms with Crippen LogP contribution < -0.4 is 0 Å². The van der Waals surface area contributed by atoms with Crippen LogP contribution in [-0.2, 0) is 9.59 Å². The molecule has 4 rings (SSSR count). The minimum atomic E-state index is -0.818. The lowest BCUT2D eigenvalue weighted by Crippen LogP contribution is -2.55. The normalized spacial score (nSPS) is 47.0. The molecular formula is C21H28O4. The fourth-order valence-corrected chi connectivity index (χ4v) is 6.50. The molecule has 7 atom stereocenters. The highest BCUT2D eigenvalue weighted by Gasteiger charge is 2.62. The van der Waals surface area contributed by atoms with Gasteiger partial charge in [-0.2, -0.15) is 0 Å². The lowest BCUT2D eigenvalue weighted by molar-refractivity contribution is -0.147. The van der Waals surface area contributed by atoms with Crippen molar-refractivity contribution in [1.29, 1.82) is 0 Å². The number of aliphatic hydroxyl groups is 2. The summed E-state index contributed by atoms with van der Waals surface area (Å²) in [5, 5.41) is 19.7. The number of ketones is 2. The van der Waals surface area contributed by atoms with Gasteiger partial charge in [-0.25, -0.2) is 0 Å². The lowest BCUT2D eigenvalue weighted by atomic mass is 9.48. The van der Waals surface area contributed by atoms with Crippen molar-refractivity contribution in [2.45, 2.75) is 52.1 Å². The van der Waals surface area contributed by atoms with Gasteiger partial charge in [0.1, 0.15) is 5.78 Å². The lowest BCUT2D eigenvalue weighted by Gasteiger charge is -2.55. The molecule has 0 aromatic heterocycles. The summed E-state index contributed by atoms with van der Waals surface area (Å²) in [7, 11) is 0. The summed E-state index contributed by atoms with van der Waals surface area (Å²) in [6, 6.07) is 0. The van der Waals surface area contributed by atoms with Crippen LogP contribution in [-0.4, -0.2) is 34.5 Å². The first-order valence-electron chi connectivity index (χ1n) is 9.58. The molecule has 0 aromatic rings. The Kier molecular flexibility index (Phi) is 3.86. The number of hydrogen-bond donors (Lipinski definition) is 2. The van der Waals surface area contributed by atoms with Gasteiger partial charge in [0.05, 0.1) is 12.7 Å². The third-order valence-corrected chi connectivity index (χ3v) is 8.10. The number of rotatable bonds is 2. The summed E-state index contributed by atoms with van der Waals surface area (Å²) in [5.41, 5.74) is 0.444. The number of aliphatic hydroxyl groups excluding tert-OH is 2. The van der Waals surface area contributed by atoms with Gasteiger partial charge in [-0.15, -0.1) is 0 Å². The highest BCUT2D eigenvalue weighted by molar-refractivity contribution is 5.92. The Balaban J connectivity index is 1.75. The third kappa shape index (κ3) is 2.20. The van der Waals surface area contributed by atoms with Crippen LogP contribution in [0.1, 0.15) is 46.0 Å². The Labute approximate surface area is 149 Å². The second-order valence-corrected chi connectivity index (χ2v) is 8.98. The van der Waals surface area contributed by atoms with E-state index in [2.05, 4.69) is 19.1 Å². The molecule has 136 valence electrons. The Bertz CT molecular complexity index is 677. The fourth-order valence-electron chi connectivity index (χ4n) is 6.50. The largest absolute Gasteiger partial charge is 0.394 e. The molecule has 0 amide bonds. The monoisotopic (exact) mass is 344 g/mol. The highest BCUT2D eigenvalue weighted by atomic mass is 16.3. The van der Waals surface area contributed by atoms with E-state index in [1.165, 1.54) is 0 Å². The van der Waals surface area contributed by atoms with Crippen molar-refractivity contribution in [2.24, 2.45) is 34.5 Å². The quantitative estimate of drug-likeness (QED) is 0.807. The molecule has 2 N–H and O–H groups in total. The van der Waals surface area contributed by atoms with Crippen LogP contribution in [0.3, 0.4) is 0 Å². The number of carbonyl (C=O) groups excluding carboxylic acids is 2. The molecule has 0 spiro atoms. The molecule has 25 heavy (non-hydrogen) atoms. The van der Waals surface area contributed by atoms with E-state index in [0.717, 1.165) is 24.8 Å². The van der Waals surface area contributed by atoms with E-state index in [9.17, 15) is 19.8 Å². The summed E-state index contributed by atoms with van der Waals surface area (Å²) >= 11 is 0. The van der Waals surface area contributed by atoms with E-state index < -0.39 is 11.5 Å². The predicted molar refractivity (Wildman–Crippen MR) is 93.6 cm³/mol. The van der Waals surface area contributed by atoms with Gasteiger partial charge in [-0.1, -0.05) is 26.0 Å². The molecule has 2 fully saturated rings. The summed E-state index contributed by atoms with van der Waals surface area (Å²) in [6.45, 7) is 3.95. The summed E-state index contributed by atoms with van der Waals surface area (Å²) < 4.78 is 0. The first kappa shape index (κ1) is 17.2. The van der Waals surface area contributed by atoms with Gasteiger partial charge in [0.25, 0.3) is 0 Å². The van der Waals surface area contributed by atoms with Crippen LogP contribution in [0.2, 0.25) is 0 Å². The van der Waals surface area contributed by atoms with Gasteiger partial charge in [-0.05, 0) is 60.0 Å². The predicted octanol–water partition coefficient (Wildman–Crippen LogP) is 2.44. The molecule has 0 aliphatic heterocycles. The summed E-state index contributed by atoms with van der Waals surface area (Å²) in [6.07, 6.45) is 8.92. The molecule has 0 aromatic carbocycles. The van der Waals surface area contributed by atoms with Gasteiger partial charge >= 0.3 is 0 Å². The Morgan fingerprint density at radius 3 is 2.72 bits per heavy atom. The van der Waals surface area contributed by atoms with Gasteiger partial charge in [0.2, 0.25) is 0 Å². The highest BCUT2D eigenvalue weighted by Crippen LogP contribution is 2.64. The fraction of sp³-hybridized carbons (Fsp3) is 0.714. The minimum Gasteiger partial charge on any atom is -0.394 e. The van der Waals surface area contributed by atoms with E-state index in [0.29, 0.717) is 18.8 Å². The Morgan fingerprint density at radius 2 is 2.00 bits per heavy atom. The zero-order chi connectivity index (χ0) is 18.0. The van der Waals surface area contributed by atoms with Crippen molar-refractivity contribution >= 4 is 11.6 Å². The maximum atomic E-state index is 13.3. The van der Waals surface area contributed by atoms with E-state index in [1.807, 2.05) is 6.92 Å². The number of carbonyl (C=O) groups is 2. The van der Waals surface area contributed by atoms with E-state index >= 15 is 0 Å². The van der Waals surface area contributed by atoms with Gasteiger partial charge < -0.3 is 10.2 Å². The summed E-state index contributed by atoms with van der Waals surface area (Å²) in [5.74, 6) is 1.05. The molecule has 4 nitrogen and oxygen atoms in total. The number of fused-ring (bicyclic) bond motifs is 5. The van der Waals surface area contributed by atoms with Crippen LogP contribution in [0.4, 0.5) is 0 Å². The van der Waals surface area contributed by atoms with Crippen LogP contribution in [0.15, 0.2) is 23.8 Å². The first-order valence-corrected chi connectivity index (χ1v) is 9.58. The third-order valence-electron chi connectivity index (χ3n) is 8.10. The Morgan fingerprint density at radius 1 is 1.24 bits per heavy atom. The van der Waals surface area contributed by atoms with Gasteiger partial charge in [0, 0.05) is 18.3 Å². The van der Waals surface area contributed by atoms with Crippen LogP contribution in [0.25, 0.3) is 0 Å². The second-order valence-electron chi connectivity index (χ2n) is 8.98. The van der Waals surface area contributed by atoms with Gasteiger partial charge in [-0.3, -0.25) is 9.59 Å². The molecule has 2 saturated carbocycles. The van der Waals surface area contributed by atoms with Crippen molar-refractivity contribution in [3.63, 3.8) is 0 Å². The van der Waals surface area contributed by atoms with Gasteiger partial charge in [0.15, 0.2) is 5.78 Å². The first-order chi connectivity index (χ1) is 11.8. The van der Waals surface area contributed by atoms with Crippen LogP contribution in [0.5, 0.6) is 0 Å². The van der Waals surface area contributed by atoms with Crippen molar-refractivity contribution in [2.75, 3.05) is 6.61 Å². The van der Waals surface area contributed by atoms with E-state index in [-0.39, 0.29) is 41.3 Å². The summed E-state index contributed by atoms with van der Waals surface area (Å²) in [4.78, 5) is 25.1. The van der Waals surface area contributed by atoms with E-state index in [1.54, 1.807) is 6.08 Å². The number of Topliss-reactive ketones (excluding diaryl/α,β-unsaturated/α-hetero) is 1. The Hall–Kier alpha value is -1.26. The molecular weight excluding hydrogens is 316 g/mol. The second kappa shape index (κ2) is 5.62. The maximum Gasteiger partial charge on any atom is 0.156 e. The van der Waals surface area contributed by atoms with E-state index in [4.69, 9.17) is 0 Å². The molecule has 4 aliphatic carbocycles. The van der Waals surface area contributed by atoms with Crippen molar-refractivity contribution in [1.82, 2.24) is 0 Å². The smallest absolute Gasteiger partial charge is 0.156 e. The molecule has 1 unspecified atom stereocenters. The minimum absolute atomic E-state index is 0.0992. The average Bonchev–Trinajstić information content (AvgIpc) is 2.95. The van der Waals surface area contributed by atoms with Crippen molar-refractivity contribution in [3.05, 3.63) is 23.8 Å². The maximum absolute atomic E-state index is 13.3. The molecule has 0 saturated heterocycles. The topological polar surface area (TPSA) is 74.6 Å². The molecule has 0 radical (unpaired) electrons. The molecule has 0 heterocycles. The zero-order valence-corrected chi connectivity index (χ0v) is 15.1. The van der Waals surface area contributed by atoms with Crippen molar-refractivity contribution in [3.8, 4) is 0 Å². The molecule has 4 aliphatic rings. The number of allylic oxidation sites excluding steroid dienone is 4. The van der Waals surface area contributed by atoms with Crippen molar-refractivity contribution < 1.29 is 19.8 Å². The van der Waals surface area contributed by atoms with Crippen LogP contribution in [0, 0.1) is 34.5 Å². The molecule has 0 bridgehead atoms. The SMILES string of the molecule is C[C@]12CCC(=O)C=C1C=C[C@@H]1[C@@H]2CC(=O)[C@]2(C)C([C@H](O)CO)CC[C@@H]12. The van der Waals surface area contributed by atoms with Crippen LogP contribution >= 0.6 is 0 Å².